The Balaban J connectivity index is 1.57. The standard InChI is InChI=1S/C18H24N4/c1-21-11-13-22(14-12-21)10-9-15-5-7-16(8-6-15)17-3-2-4-18(19)20-17/h2-8H,9-14H2,1H3,(H2,19,20). The van der Waals surface area contributed by atoms with Gasteiger partial charge in [0.05, 0.1) is 5.69 Å². The van der Waals surface area contributed by atoms with Crippen molar-refractivity contribution in [3.8, 4) is 11.3 Å². The lowest BCUT2D eigenvalue weighted by Gasteiger charge is -2.32. The lowest BCUT2D eigenvalue weighted by Crippen LogP contribution is -2.45. The molecule has 0 bridgehead atoms. The zero-order chi connectivity index (χ0) is 15.4. The molecule has 0 radical (unpaired) electrons. The summed E-state index contributed by atoms with van der Waals surface area (Å²) in [5.41, 5.74) is 9.18. The smallest absolute Gasteiger partial charge is 0.124 e. The summed E-state index contributed by atoms with van der Waals surface area (Å²) >= 11 is 0. The number of pyridine rings is 1. The third-order valence-corrected chi connectivity index (χ3v) is 4.33. The summed E-state index contributed by atoms with van der Waals surface area (Å²) in [7, 11) is 2.19. The highest BCUT2D eigenvalue weighted by molar-refractivity contribution is 5.61. The molecule has 4 heteroatoms. The van der Waals surface area contributed by atoms with Gasteiger partial charge in [0.1, 0.15) is 5.82 Å². The van der Waals surface area contributed by atoms with Crippen molar-refractivity contribution in [1.29, 1.82) is 0 Å². The van der Waals surface area contributed by atoms with Crippen LogP contribution >= 0.6 is 0 Å². The molecule has 0 spiro atoms. The third-order valence-electron chi connectivity index (χ3n) is 4.33. The van der Waals surface area contributed by atoms with Crippen LogP contribution in [-0.2, 0) is 6.42 Å². The van der Waals surface area contributed by atoms with E-state index in [-0.39, 0.29) is 0 Å². The number of aromatic nitrogens is 1. The molecule has 1 aliphatic rings. The quantitative estimate of drug-likeness (QED) is 0.939. The highest BCUT2D eigenvalue weighted by Gasteiger charge is 2.13. The Morgan fingerprint density at radius 3 is 2.41 bits per heavy atom. The summed E-state index contributed by atoms with van der Waals surface area (Å²) in [6.45, 7) is 5.87. The van der Waals surface area contributed by atoms with Gasteiger partial charge in [0.2, 0.25) is 0 Å². The maximum atomic E-state index is 5.75. The first-order valence-electron chi connectivity index (χ1n) is 7.93. The van der Waals surface area contributed by atoms with Gasteiger partial charge in [-0.2, -0.15) is 0 Å². The van der Waals surface area contributed by atoms with Crippen LogP contribution in [0, 0.1) is 0 Å². The second kappa shape index (κ2) is 6.90. The van der Waals surface area contributed by atoms with E-state index in [0.29, 0.717) is 5.82 Å². The number of hydrogen-bond donors (Lipinski definition) is 1. The Hall–Kier alpha value is -1.91. The van der Waals surface area contributed by atoms with Crippen LogP contribution in [-0.4, -0.2) is 54.6 Å². The normalized spacial score (nSPS) is 16.8. The van der Waals surface area contributed by atoms with E-state index in [1.807, 2.05) is 18.2 Å². The summed E-state index contributed by atoms with van der Waals surface area (Å²) in [6, 6.07) is 14.4. The molecule has 3 rings (SSSR count). The molecule has 1 fully saturated rings. The van der Waals surface area contributed by atoms with Gasteiger partial charge in [-0.1, -0.05) is 30.3 Å². The van der Waals surface area contributed by atoms with Gasteiger partial charge in [0.25, 0.3) is 0 Å². The average molecular weight is 296 g/mol. The van der Waals surface area contributed by atoms with Crippen LogP contribution in [0.1, 0.15) is 5.56 Å². The van der Waals surface area contributed by atoms with Crippen LogP contribution in [0.2, 0.25) is 0 Å². The van der Waals surface area contributed by atoms with Crippen LogP contribution < -0.4 is 5.73 Å². The highest BCUT2D eigenvalue weighted by Crippen LogP contribution is 2.19. The predicted octanol–water partition coefficient (Wildman–Crippen LogP) is 2.12. The van der Waals surface area contributed by atoms with Crippen molar-refractivity contribution >= 4 is 5.82 Å². The van der Waals surface area contributed by atoms with Crippen molar-refractivity contribution in [2.24, 2.45) is 0 Å². The zero-order valence-corrected chi connectivity index (χ0v) is 13.2. The number of benzene rings is 1. The second-order valence-corrected chi connectivity index (χ2v) is 6.04. The Morgan fingerprint density at radius 2 is 1.73 bits per heavy atom. The van der Waals surface area contributed by atoms with E-state index >= 15 is 0 Å². The van der Waals surface area contributed by atoms with E-state index in [1.165, 1.54) is 31.7 Å². The largest absolute Gasteiger partial charge is 0.384 e. The van der Waals surface area contributed by atoms with Crippen LogP contribution in [0.3, 0.4) is 0 Å². The van der Waals surface area contributed by atoms with E-state index in [1.54, 1.807) is 0 Å². The summed E-state index contributed by atoms with van der Waals surface area (Å²) in [4.78, 5) is 9.31. The molecule has 1 aromatic carbocycles. The number of likely N-dealkylation sites (N-methyl/N-ethyl adjacent to an activating group) is 1. The molecular formula is C18H24N4. The summed E-state index contributed by atoms with van der Waals surface area (Å²) in [5.74, 6) is 0.566. The van der Waals surface area contributed by atoms with Crippen molar-refractivity contribution in [3.05, 3.63) is 48.0 Å². The summed E-state index contributed by atoms with van der Waals surface area (Å²) in [5, 5.41) is 0. The molecule has 0 aliphatic carbocycles. The number of nitrogens with two attached hydrogens (primary N) is 1. The maximum Gasteiger partial charge on any atom is 0.124 e. The number of nitrogen functional groups attached to an aromatic ring is 1. The topological polar surface area (TPSA) is 45.4 Å². The molecular weight excluding hydrogens is 272 g/mol. The minimum atomic E-state index is 0.566. The Labute approximate surface area is 132 Å². The number of rotatable bonds is 4. The lowest BCUT2D eigenvalue weighted by molar-refractivity contribution is 0.155. The molecule has 0 saturated carbocycles. The van der Waals surface area contributed by atoms with E-state index in [9.17, 15) is 0 Å². The van der Waals surface area contributed by atoms with Gasteiger partial charge < -0.3 is 15.5 Å². The van der Waals surface area contributed by atoms with Crippen molar-refractivity contribution < 1.29 is 0 Å². The molecule has 22 heavy (non-hydrogen) atoms. The van der Waals surface area contributed by atoms with E-state index in [0.717, 1.165) is 24.2 Å². The van der Waals surface area contributed by atoms with E-state index < -0.39 is 0 Å². The molecule has 0 unspecified atom stereocenters. The first-order valence-corrected chi connectivity index (χ1v) is 7.93. The number of piperazine rings is 1. The van der Waals surface area contributed by atoms with Gasteiger partial charge in [0.15, 0.2) is 0 Å². The van der Waals surface area contributed by atoms with Crippen LogP contribution in [0.25, 0.3) is 11.3 Å². The van der Waals surface area contributed by atoms with Gasteiger partial charge in [-0.25, -0.2) is 4.98 Å². The molecule has 4 nitrogen and oxygen atoms in total. The third kappa shape index (κ3) is 3.84. The van der Waals surface area contributed by atoms with E-state index in [4.69, 9.17) is 5.73 Å². The van der Waals surface area contributed by atoms with Gasteiger partial charge in [-0.3, -0.25) is 0 Å². The van der Waals surface area contributed by atoms with Crippen molar-refractivity contribution in [3.63, 3.8) is 0 Å². The number of hydrogen-bond acceptors (Lipinski definition) is 4. The molecule has 1 aliphatic heterocycles. The Kier molecular flexibility index (Phi) is 4.71. The maximum absolute atomic E-state index is 5.75. The van der Waals surface area contributed by atoms with Crippen molar-refractivity contribution in [2.45, 2.75) is 6.42 Å². The zero-order valence-electron chi connectivity index (χ0n) is 13.2. The highest BCUT2D eigenvalue weighted by atomic mass is 15.2. The van der Waals surface area contributed by atoms with Crippen LogP contribution in [0.15, 0.2) is 42.5 Å². The fraction of sp³-hybridized carbons (Fsp3) is 0.389. The fourth-order valence-corrected chi connectivity index (χ4v) is 2.81. The number of anilines is 1. The average Bonchev–Trinajstić information content (AvgIpc) is 2.55. The van der Waals surface area contributed by atoms with Crippen LogP contribution in [0.5, 0.6) is 0 Å². The molecule has 1 saturated heterocycles. The minimum absolute atomic E-state index is 0.566. The van der Waals surface area contributed by atoms with Gasteiger partial charge >= 0.3 is 0 Å². The van der Waals surface area contributed by atoms with Gasteiger partial charge in [-0.15, -0.1) is 0 Å². The Morgan fingerprint density at radius 1 is 1.00 bits per heavy atom. The molecule has 0 amide bonds. The molecule has 116 valence electrons. The molecule has 0 atom stereocenters. The molecule has 2 aromatic rings. The second-order valence-electron chi connectivity index (χ2n) is 6.04. The SMILES string of the molecule is CN1CCN(CCc2ccc(-c3cccc(N)n3)cc2)CC1. The van der Waals surface area contributed by atoms with Gasteiger partial charge in [0, 0.05) is 38.3 Å². The lowest BCUT2D eigenvalue weighted by atomic mass is 10.1. The van der Waals surface area contributed by atoms with Crippen LogP contribution in [0.4, 0.5) is 5.82 Å². The van der Waals surface area contributed by atoms with Crippen molar-refractivity contribution in [2.75, 3.05) is 45.5 Å². The molecule has 1 aromatic heterocycles. The molecule has 2 N–H and O–H groups in total. The first kappa shape index (κ1) is 15.0. The monoisotopic (exact) mass is 296 g/mol. The first-order chi connectivity index (χ1) is 10.7. The van der Waals surface area contributed by atoms with E-state index in [2.05, 4.69) is 46.1 Å². The minimum Gasteiger partial charge on any atom is -0.384 e. The number of nitrogens with zero attached hydrogens (tertiary/aromatic N) is 3. The summed E-state index contributed by atoms with van der Waals surface area (Å²) in [6.07, 6.45) is 1.11. The van der Waals surface area contributed by atoms with Crippen molar-refractivity contribution in [1.82, 2.24) is 14.8 Å². The molecule has 2 heterocycles. The Bertz CT molecular complexity index is 601. The van der Waals surface area contributed by atoms with Gasteiger partial charge in [-0.05, 0) is 31.2 Å². The fourth-order valence-electron chi connectivity index (χ4n) is 2.81. The predicted molar refractivity (Wildman–Crippen MR) is 91.7 cm³/mol. The summed E-state index contributed by atoms with van der Waals surface area (Å²) < 4.78 is 0.